The van der Waals surface area contributed by atoms with E-state index in [2.05, 4.69) is 24.8 Å². The van der Waals surface area contributed by atoms with Gasteiger partial charge < -0.3 is 5.11 Å². The van der Waals surface area contributed by atoms with Gasteiger partial charge in [0.05, 0.1) is 0 Å². The van der Waals surface area contributed by atoms with E-state index in [1.54, 1.807) is 0 Å². The van der Waals surface area contributed by atoms with E-state index < -0.39 is 0 Å². The van der Waals surface area contributed by atoms with Gasteiger partial charge in [0.2, 0.25) is 4.38 Å². The SMILES string of the molecule is OC(=S)S.S. The molecule has 0 unspecified atom stereocenters. The first kappa shape index (κ1) is 9.14. The van der Waals surface area contributed by atoms with Gasteiger partial charge in [0, 0.05) is 0 Å². The van der Waals surface area contributed by atoms with E-state index in [0.717, 1.165) is 0 Å². The summed E-state index contributed by atoms with van der Waals surface area (Å²) in [5, 5.41) is 7.65. The molecule has 0 aromatic rings. The number of thiol groups is 1. The van der Waals surface area contributed by atoms with Gasteiger partial charge in [-0.25, -0.2) is 0 Å². The van der Waals surface area contributed by atoms with Gasteiger partial charge in [-0.2, -0.15) is 13.5 Å². The Hall–Kier alpha value is 0.590. The fourth-order valence-electron chi connectivity index (χ4n) is 0. The van der Waals surface area contributed by atoms with Crippen molar-refractivity contribution in [2.24, 2.45) is 0 Å². The van der Waals surface area contributed by atoms with Gasteiger partial charge in [-0.3, -0.25) is 0 Å². The highest BCUT2D eigenvalue weighted by molar-refractivity contribution is 8.10. The summed E-state index contributed by atoms with van der Waals surface area (Å²) in [6.45, 7) is 0. The molecule has 0 aliphatic rings. The summed E-state index contributed by atoms with van der Waals surface area (Å²) in [5.41, 5.74) is 0. The van der Waals surface area contributed by atoms with Crippen molar-refractivity contribution < 1.29 is 5.11 Å². The second-order valence-corrected chi connectivity index (χ2v) is 1.40. The first-order valence-electron chi connectivity index (χ1n) is 0.651. The molecule has 0 heterocycles. The van der Waals surface area contributed by atoms with Gasteiger partial charge in [-0.1, -0.05) is 12.6 Å². The van der Waals surface area contributed by atoms with Crippen molar-refractivity contribution >= 4 is 42.7 Å². The predicted molar refractivity (Wildman–Crippen MR) is 34.6 cm³/mol. The fourth-order valence-corrected chi connectivity index (χ4v) is 0. The molecular formula is CH4OS3. The van der Waals surface area contributed by atoms with Gasteiger partial charge in [0.25, 0.3) is 0 Å². The van der Waals surface area contributed by atoms with Crippen molar-refractivity contribution in [2.75, 3.05) is 0 Å². The first-order valence-corrected chi connectivity index (χ1v) is 1.51. The van der Waals surface area contributed by atoms with Crippen LogP contribution in [0.25, 0.3) is 0 Å². The molecule has 1 nitrogen and oxygen atoms in total. The Balaban J connectivity index is 0. The Morgan fingerprint density at radius 1 is 1.80 bits per heavy atom. The van der Waals surface area contributed by atoms with Crippen molar-refractivity contribution in [2.45, 2.75) is 0 Å². The number of rotatable bonds is 0. The summed E-state index contributed by atoms with van der Waals surface area (Å²) in [4.78, 5) is 0. The quantitative estimate of drug-likeness (QED) is 0.373. The lowest BCUT2D eigenvalue weighted by Crippen LogP contribution is -1.66. The number of hydrogen-bond acceptors (Lipinski definition) is 1. The summed E-state index contributed by atoms with van der Waals surface area (Å²) in [6, 6.07) is 0. The van der Waals surface area contributed by atoms with Crippen molar-refractivity contribution in [1.82, 2.24) is 0 Å². The number of aliphatic hydroxyl groups excluding tert-OH is 1. The Morgan fingerprint density at radius 3 is 1.80 bits per heavy atom. The molecule has 32 valence electrons. The third-order valence-electron chi connectivity index (χ3n) is 0. The van der Waals surface area contributed by atoms with Crippen molar-refractivity contribution in [3.05, 3.63) is 0 Å². The van der Waals surface area contributed by atoms with E-state index in [4.69, 9.17) is 5.11 Å². The molecule has 0 saturated carbocycles. The van der Waals surface area contributed by atoms with Crippen LogP contribution in [0.2, 0.25) is 0 Å². The molecule has 0 aromatic carbocycles. The van der Waals surface area contributed by atoms with Crippen LogP contribution in [0.15, 0.2) is 0 Å². The highest BCUT2D eigenvalue weighted by Crippen LogP contribution is 1.68. The highest BCUT2D eigenvalue weighted by Gasteiger charge is 1.59. The molecule has 0 aliphatic carbocycles. The lowest BCUT2D eigenvalue weighted by molar-refractivity contribution is 0.586. The summed E-state index contributed by atoms with van der Waals surface area (Å²) in [6.07, 6.45) is 0. The summed E-state index contributed by atoms with van der Waals surface area (Å²) in [5.74, 6) is 0. The van der Waals surface area contributed by atoms with Crippen molar-refractivity contribution in [3.8, 4) is 0 Å². The van der Waals surface area contributed by atoms with E-state index in [9.17, 15) is 0 Å². The molecule has 0 aromatic heterocycles. The van der Waals surface area contributed by atoms with Crippen LogP contribution < -0.4 is 0 Å². The van der Waals surface area contributed by atoms with Gasteiger partial charge in [-0.05, 0) is 12.2 Å². The van der Waals surface area contributed by atoms with Gasteiger partial charge >= 0.3 is 0 Å². The zero-order valence-corrected chi connectivity index (χ0v) is 5.01. The Kier molecular flexibility index (Phi) is 8.39. The monoisotopic (exact) mass is 128 g/mol. The smallest absolute Gasteiger partial charge is 0.214 e. The molecule has 4 heteroatoms. The normalized spacial score (nSPS) is 5.00. The minimum atomic E-state index is -0.306. The van der Waals surface area contributed by atoms with E-state index >= 15 is 0 Å². The molecule has 0 fully saturated rings. The predicted octanol–water partition coefficient (Wildman–Crippen LogP) is 0.872. The van der Waals surface area contributed by atoms with Crippen LogP contribution in [-0.2, 0) is 0 Å². The van der Waals surface area contributed by atoms with Crippen molar-refractivity contribution in [3.63, 3.8) is 0 Å². The molecule has 5 heavy (non-hydrogen) atoms. The molecule has 0 aliphatic heterocycles. The van der Waals surface area contributed by atoms with E-state index in [1.165, 1.54) is 0 Å². The topological polar surface area (TPSA) is 20.2 Å². The molecule has 1 N–H and O–H groups in total. The molecule has 0 atom stereocenters. The average molecular weight is 128 g/mol. The molecule has 0 spiro atoms. The second kappa shape index (κ2) is 4.59. The summed E-state index contributed by atoms with van der Waals surface area (Å²) < 4.78 is -0.306. The lowest BCUT2D eigenvalue weighted by Gasteiger charge is -1.63. The standard InChI is InChI=1S/CH2OS2.H2S/c2-1(3)4;/h(H2,2,3,4);1H2. The van der Waals surface area contributed by atoms with E-state index in [1.807, 2.05) is 0 Å². The third-order valence-corrected chi connectivity index (χ3v) is 0. The Morgan fingerprint density at radius 2 is 1.80 bits per heavy atom. The summed E-state index contributed by atoms with van der Waals surface area (Å²) in [7, 11) is 0. The maximum absolute atomic E-state index is 7.65. The van der Waals surface area contributed by atoms with Crippen LogP contribution in [0.4, 0.5) is 0 Å². The Bertz CT molecular complexity index is 29.9. The Labute approximate surface area is 48.2 Å². The molecule has 0 radical (unpaired) electrons. The fraction of sp³-hybridized carbons (Fsp3) is 0. The zero-order chi connectivity index (χ0) is 3.58. The van der Waals surface area contributed by atoms with Crippen LogP contribution in [0.3, 0.4) is 0 Å². The summed E-state index contributed by atoms with van der Waals surface area (Å²) >= 11 is 7.21. The largest absolute Gasteiger partial charge is 0.494 e. The average Bonchev–Trinajstić information content (AvgIpc) is 0.811. The minimum absolute atomic E-state index is 0. The number of hydrogen-bond donors (Lipinski definition) is 2. The van der Waals surface area contributed by atoms with Crippen LogP contribution in [0.5, 0.6) is 0 Å². The van der Waals surface area contributed by atoms with Gasteiger partial charge in [0.1, 0.15) is 0 Å². The highest BCUT2D eigenvalue weighted by atomic mass is 32.1. The maximum atomic E-state index is 7.65. The molecular weight excluding hydrogens is 124 g/mol. The first-order chi connectivity index (χ1) is 1.73. The van der Waals surface area contributed by atoms with Crippen LogP contribution >= 0.6 is 38.3 Å². The van der Waals surface area contributed by atoms with E-state index in [0.29, 0.717) is 0 Å². The van der Waals surface area contributed by atoms with Gasteiger partial charge in [-0.15, -0.1) is 0 Å². The number of thiocarbonyl (C=S) groups is 1. The van der Waals surface area contributed by atoms with E-state index in [-0.39, 0.29) is 17.9 Å². The zero-order valence-electron chi connectivity index (χ0n) is 2.30. The second-order valence-electron chi connectivity index (χ2n) is 0.283. The maximum Gasteiger partial charge on any atom is 0.214 e. The lowest BCUT2D eigenvalue weighted by atomic mass is 11.7. The third kappa shape index (κ3) is 88.5. The van der Waals surface area contributed by atoms with Crippen LogP contribution in [0.1, 0.15) is 0 Å². The molecule has 0 amide bonds. The van der Waals surface area contributed by atoms with Crippen LogP contribution in [0, 0.1) is 0 Å². The number of aliphatic hydroxyl groups is 1. The molecule has 0 rings (SSSR count). The molecule has 0 saturated heterocycles. The van der Waals surface area contributed by atoms with Gasteiger partial charge in [0.15, 0.2) is 0 Å². The molecule has 0 bridgehead atoms. The van der Waals surface area contributed by atoms with Crippen LogP contribution in [-0.4, -0.2) is 9.49 Å². The van der Waals surface area contributed by atoms with Crippen molar-refractivity contribution in [1.29, 1.82) is 0 Å². The minimum Gasteiger partial charge on any atom is -0.494 e.